The summed E-state index contributed by atoms with van der Waals surface area (Å²) < 4.78 is 13.0. The van der Waals surface area contributed by atoms with Crippen LogP contribution in [0.1, 0.15) is 50.7 Å². The highest BCUT2D eigenvalue weighted by Gasteiger charge is 2.19. The monoisotopic (exact) mass is 498 g/mol. The second-order valence-corrected chi connectivity index (χ2v) is 10.1. The van der Waals surface area contributed by atoms with E-state index in [1.165, 1.54) is 62.0 Å². The Balaban J connectivity index is 0.000000144. The minimum Gasteiger partial charge on any atom is -0.371 e. The van der Waals surface area contributed by atoms with Crippen molar-refractivity contribution in [3.63, 3.8) is 0 Å². The zero-order valence-electron chi connectivity index (χ0n) is 21.6. The number of rotatable bonds is 1. The number of benzene rings is 2. The van der Waals surface area contributed by atoms with Gasteiger partial charge in [0.25, 0.3) is 0 Å². The van der Waals surface area contributed by atoms with Crippen LogP contribution in [0.25, 0.3) is 21.8 Å². The van der Waals surface area contributed by atoms with Crippen molar-refractivity contribution in [2.75, 3.05) is 31.1 Å². The number of nitrogens with one attached hydrogen (secondary N) is 3. The quantitative estimate of drug-likeness (QED) is 0.281. The van der Waals surface area contributed by atoms with E-state index in [9.17, 15) is 4.39 Å². The number of H-pyrrole nitrogens is 2. The molecule has 2 aromatic carbocycles. The van der Waals surface area contributed by atoms with Gasteiger partial charge in [0.05, 0.1) is 22.2 Å². The van der Waals surface area contributed by atoms with Crippen molar-refractivity contribution in [1.82, 2.24) is 15.3 Å². The fourth-order valence-corrected chi connectivity index (χ4v) is 5.16. The first-order chi connectivity index (χ1) is 18.0. The van der Waals surface area contributed by atoms with E-state index < -0.39 is 0 Å². The van der Waals surface area contributed by atoms with Crippen molar-refractivity contribution >= 4 is 27.5 Å². The molecule has 0 saturated carbocycles. The highest BCUT2D eigenvalue weighted by Crippen LogP contribution is 2.31. The number of hydrogen-bond donors (Lipinski definition) is 3. The Bertz CT molecular complexity index is 1400. The number of aromatic nitrogens is 2. The first-order valence-corrected chi connectivity index (χ1v) is 13.1. The molecule has 0 spiro atoms. The van der Waals surface area contributed by atoms with Gasteiger partial charge in [-0.3, -0.25) is 0 Å². The maximum absolute atomic E-state index is 13.0. The number of aromatic amines is 2. The Morgan fingerprint density at radius 2 is 1.49 bits per heavy atom. The lowest BCUT2D eigenvalue weighted by Crippen LogP contribution is -2.34. The zero-order valence-corrected chi connectivity index (χ0v) is 21.6. The predicted molar refractivity (Wildman–Crippen MR) is 148 cm³/mol. The topological polar surface area (TPSA) is 94.4 Å². The summed E-state index contributed by atoms with van der Waals surface area (Å²) in [4.78, 5) is 8.45. The smallest absolute Gasteiger partial charge is 0.132 e. The molecule has 0 aliphatic carbocycles. The molecule has 0 unspecified atom stereocenters. The van der Waals surface area contributed by atoms with E-state index in [0.717, 1.165) is 36.0 Å². The molecule has 37 heavy (non-hydrogen) atoms. The predicted octanol–water partition coefficient (Wildman–Crippen LogP) is 6.46. The highest BCUT2D eigenvalue weighted by atomic mass is 19.1. The van der Waals surface area contributed by atoms with Gasteiger partial charge in [-0.15, -0.1) is 0 Å². The molecular weight excluding hydrogens is 463 g/mol. The van der Waals surface area contributed by atoms with E-state index >= 15 is 0 Å². The molecule has 0 radical (unpaired) electrons. The van der Waals surface area contributed by atoms with Crippen molar-refractivity contribution in [3.8, 4) is 12.1 Å². The van der Waals surface area contributed by atoms with E-state index in [0.29, 0.717) is 16.5 Å². The summed E-state index contributed by atoms with van der Waals surface area (Å²) in [5.41, 5.74) is 3.99. The molecule has 4 heterocycles. The largest absolute Gasteiger partial charge is 0.371 e. The normalized spacial score (nSPS) is 19.2. The number of nitriles is 2. The van der Waals surface area contributed by atoms with E-state index in [-0.39, 0.29) is 5.82 Å². The summed E-state index contributed by atoms with van der Waals surface area (Å²) in [6, 6.07) is 14.7. The SMILES string of the molecule is C[C@@H]1CCCN(c2ccc(C#N)c3[nH]ccc23)C1.C[C@@H]1CCCNC1.N#Cc1ccc(F)c2cc[nH]c12. The summed E-state index contributed by atoms with van der Waals surface area (Å²) in [6.45, 7) is 9.32. The third-order valence-electron chi connectivity index (χ3n) is 7.15. The van der Waals surface area contributed by atoms with Crippen molar-refractivity contribution in [3.05, 3.63) is 65.7 Å². The molecule has 6 nitrogen and oxygen atoms in total. The van der Waals surface area contributed by atoms with Gasteiger partial charge in [0.15, 0.2) is 0 Å². The van der Waals surface area contributed by atoms with E-state index in [2.05, 4.69) is 52.2 Å². The Labute approximate surface area is 218 Å². The lowest BCUT2D eigenvalue weighted by atomic mass is 9.99. The van der Waals surface area contributed by atoms with Crippen LogP contribution in [0.4, 0.5) is 10.1 Å². The number of piperidine rings is 2. The molecular formula is C30H35FN6. The minimum absolute atomic E-state index is 0.301. The van der Waals surface area contributed by atoms with Crippen molar-refractivity contribution in [2.45, 2.75) is 39.5 Å². The molecule has 0 amide bonds. The summed E-state index contributed by atoms with van der Waals surface area (Å²) in [5.74, 6) is 1.38. The maximum atomic E-state index is 13.0. The fraction of sp³-hybridized carbons (Fsp3) is 0.400. The molecule has 0 bridgehead atoms. The lowest BCUT2D eigenvalue weighted by molar-refractivity contribution is 0.405. The Morgan fingerprint density at radius 3 is 2.08 bits per heavy atom. The van der Waals surface area contributed by atoms with E-state index in [1.54, 1.807) is 12.3 Å². The van der Waals surface area contributed by atoms with Crippen molar-refractivity contribution in [2.24, 2.45) is 11.8 Å². The second kappa shape index (κ2) is 12.4. The lowest BCUT2D eigenvalue weighted by Gasteiger charge is -2.33. The average molecular weight is 499 g/mol. The zero-order chi connectivity index (χ0) is 26.2. The van der Waals surface area contributed by atoms with E-state index in [1.807, 2.05) is 18.3 Å². The number of nitrogens with zero attached hydrogens (tertiary/aromatic N) is 3. The number of fused-ring (bicyclic) bond motifs is 2. The van der Waals surface area contributed by atoms with Crippen LogP contribution in [0.15, 0.2) is 48.8 Å². The molecule has 2 aromatic heterocycles. The van der Waals surface area contributed by atoms with Gasteiger partial charge in [0.1, 0.15) is 18.0 Å². The average Bonchev–Trinajstić information content (AvgIpc) is 3.61. The van der Waals surface area contributed by atoms with Gasteiger partial charge in [-0.25, -0.2) is 4.39 Å². The summed E-state index contributed by atoms with van der Waals surface area (Å²) in [6.07, 6.45) is 8.92. The van der Waals surface area contributed by atoms with Gasteiger partial charge >= 0.3 is 0 Å². The van der Waals surface area contributed by atoms with Crippen LogP contribution in [0, 0.1) is 40.3 Å². The molecule has 2 fully saturated rings. The standard InChI is InChI=1S/C15H17N3.C9H5FN2.C6H13N/c1-11-3-2-8-18(10-11)14-5-4-12(9-16)15-13(14)6-7-17-15;10-8-2-1-6(5-11)9-7(8)3-4-12-9;1-6-3-2-4-7-5-6/h4-7,11,17H,2-3,8,10H2,1H3;1-4,12H;6-7H,2-5H2,1H3/t11-;;6-/m1.1/s1. The van der Waals surface area contributed by atoms with Gasteiger partial charge < -0.3 is 20.2 Å². The Morgan fingerprint density at radius 1 is 0.838 bits per heavy atom. The summed E-state index contributed by atoms with van der Waals surface area (Å²) >= 11 is 0. The van der Waals surface area contributed by atoms with Gasteiger partial charge in [-0.05, 0) is 87.0 Å². The van der Waals surface area contributed by atoms with Crippen molar-refractivity contribution < 1.29 is 4.39 Å². The molecule has 6 rings (SSSR count). The molecule has 2 saturated heterocycles. The molecule has 3 N–H and O–H groups in total. The summed E-state index contributed by atoms with van der Waals surface area (Å²) in [7, 11) is 0. The van der Waals surface area contributed by atoms with Crippen LogP contribution in [-0.4, -0.2) is 36.1 Å². The molecule has 7 heteroatoms. The molecule has 2 aliphatic heterocycles. The Hall–Kier alpha value is -3.81. The summed E-state index contributed by atoms with van der Waals surface area (Å²) in [5, 5.41) is 22.7. The minimum atomic E-state index is -0.301. The van der Waals surface area contributed by atoms with Gasteiger partial charge in [0, 0.05) is 41.9 Å². The molecule has 192 valence electrons. The number of anilines is 1. The van der Waals surface area contributed by atoms with Crippen LogP contribution in [0.3, 0.4) is 0 Å². The second-order valence-electron chi connectivity index (χ2n) is 10.1. The first-order valence-electron chi connectivity index (χ1n) is 13.1. The van der Waals surface area contributed by atoms with Crippen LogP contribution in [-0.2, 0) is 0 Å². The highest BCUT2D eigenvalue weighted by molar-refractivity contribution is 5.96. The number of hydrogen-bond acceptors (Lipinski definition) is 4. The van der Waals surface area contributed by atoms with Gasteiger partial charge in [-0.2, -0.15) is 10.5 Å². The first kappa shape index (κ1) is 26.3. The third kappa shape index (κ3) is 6.31. The van der Waals surface area contributed by atoms with E-state index in [4.69, 9.17) is 10.5 Å². The van der Waals surface area contributed by atoms with Crippen molar-refractivity contribution in [1.29, 1.82) is 10.5 Å². The number of halogens is 1. The molecule has 2 atom stereocenters. The van der Waals surface area contributed by atoms with Crippen LogP contribution in [0.2, 0.25) is 0 Å². The molecule has 4 aromatic rings. The molecule has 2 aliphatic rings. The van der Waals surface area contributed by atoms with Gasteiger partial charge in [0.2, 0.25) is 0 Å². The van der Waals surface area contributed by atoms with Crippen LogP contribution < -0.4 is 10.2 Å². The third-order valence-corrected chi connectivity index (χ3v) is 7.15. The van der Waals surface area contributed by atoms with Crippen LogP contribution in [0.5, 0.6) is 0 Å². The maximum Gasteiger partial charge on any atom is 0.132 e. The van der Waals surface area contributed by atoms with Gasteiger partial charge in [-0.1, -0.05) is 13.8 Å². The fourth-order valence-electron chi connectivity index (χ4n) is 5.16. The Kier molecular flexibility index (Phi) is 8.82. The van der Waals surface area contributed by atoms with Crippen LogP contribution >= 0.6 is 0 Å².